The maximum absolute atomic E-state index is 13.6. The number of fused-ring (bicyclic) bond motifs is 2. The van der Waals surface area contributed by atoms with Crippen molar-refractivity contribution in [2.75, 3.05) is 36.9 Å². The van der Waals surface area contributed by atoms with Gasteiger partial charge in [-0.05, 0) is 93.8 Å². The summed E-state index contributed by atoms with van der Waals surface area (Å²) in [5.74, 6) is 2.03. The lowest BCUT2D eigenvalue weighted by Gasteiger charge is -2.33. The van der Waals surface area contributed by atoms with Gasteiger partial charge < -0.3 is 30.6 Å². The fourth-order valence-electron chi connectivity index (χ4n) is 7.06. The van der Waals surface area contributed by atoms with Crippen LogP contribution in [0.25, 0.3) is 5.65 Å². The number of aromatic nitrogens is 5. The maximum Gasteiger partial charge on any atom is 0.320 e. The number of carbonyl (C=O) groups is 1. The number of hydrogen-bond acceptors (Lipinski definition) is 9. The second-order valence-corrected chi connectivity index (χ2v) is 15.4. The minimum atomic E-state index is -0.351. The molecule has 0 saturated carbocycles. The van der Waals surface area contributed by atoms with E-state index in [1.807, 2.05) is 45.7 Å². The first-order chi connectivity index (χ1) is 25.0. The second kappa shape index (κ2) is 16.2. The Kier molecular flexibility index (Phi) is 11.5. The Morgan fingerprint density at radius 1 is 1.08 bits per heavy atom. The second-order valence-electron chi connectivity index (χ2n) is 15.4. The molecule has 1 aliphatic heterocycles. The number of nitrogens with one attached hydrogen (secondary N) is 4. The molecule has 1 saturated heterocycles. The highest BCUT2D eigenvalue weighted by Crippen LogP contribution is 2.39. The van der Waals surface area contributed by atoms with Crippen molar-refractivity contribution in [2.45, 2.75) is 97.9 Å². The van der Waals surface area contributed by atoms with Crippen molar-refractivity contribution in [1.82, 2.24) is 39.9 Å². The van der Waals surface area contributed by atoms with Crippen molar-refractivity contribution in [2.24, 2.45) is 5.41 Å². The maximum atomic E-state index is 13.6. The van der Waals surface area contributed by atoms with Crippen molar-refractivity contribution in [1.29, 1.82) is 5.41 Å². The minimum Gasteiger partial charge on any atom is -0.484 e. The molecule has 1 aliphatic carbocycles. The molecule has 2 aliphatic rings. The molecule has 0 unspecified atom stereocenters. The molecule has 1 fully saturated rings. The van der Waals surface area contributed by atoms with Crippen LogP contribution in [0.15, 0.2) is 66.9 Å². The van der Waals surface area contributed by atoms with Gasteiger partial charge in [-0.25, -0.2) is 4.79 Å². The van der Waals surface area contributed by atoms with E-state index in [1.165, 1.54) is 6.42 Å². The lowest BCUT2D eigenvalue weighted by molar-refractivity contribution is 0.171. The van der Waals surface area contributed by atoms with Gasteiger partial charge in [-0.2, -0.15) is 5.10 Å². The summed E-state index contributed by atoms with van der Waals surface area (Å²) < 4.78 is 10.6. The first kappa shape index (κ1) is 36.9. The van der Waals surface area contributed by atoms with E-state index in [4.69, 9.17) is 10.1 Å². The first-order valence-electron chi connectivity index (χ1n) is 18.7. The topological polar surface area (TPSA) is 141 Å². The number of urea groups is 1. The van der Waals surface area contributed by atoms with Gasteiger partial charge in [0.2, 0.25) is 5.95 Å². The summed E-state index contributed by atoms with van der Waals surface area (Å²) >= 11 is 0. The molecule has 0 bridgehead atoms. The fraction of sp³-hybridized carbons (Fsp3) is 0.513. The van der Waals surface area contributed by atoms with E-state index in [2.05, 4.69) is 94.8 Å². The van der Waals surface area contributed by atoms with Crippen LogP contribution in [-0.4, -0.2) is 73.7 Å². The molecule has 13 heteroatoms. The molecule has 4 aromatic rings. The van der Waals surface area contributed by atoms with Crippen LogP contribution in [0.4, 0.5) is 16.4 Å². The molecule has 0 spiro atoms. The summed E-state index contributed by atoms with van der Waals surface area (Å²) in [5.41, 5.74) is 3.95. The monoisotopic (exact) mass is 709 g/mol. The molecule has 3 aromatic heterocycles. The summed E-state index contributed by atoms with van der Waals surface area (Å²) in [6, 6.07) is 11.9. The fourth-order valence-corrected chi connectivity index (χ4v) is 7.06. The Morgan fingerprint density at radius 3 is 2.65 bits per heavy atom. The van der Waals surface area contributed by atoms with Gasteiger partial charge in [0.15, 0.2) is 5.65 Å². The Labute approximate surface area is 307 Å². The van der Waals surface area contributed by atoms with Crippen molar-refractivity contribution in [3.8, 4) is 5.75 Å². The molecule has 3 atom stereocenters. The number of piperidine rings is 1. The van der Waals surface area contributed by atoms with Gasteiger partial charge in [-0.1, -0.05) is 52.0 Å². The molecule has 6 rings (SSSR count). The molecular formula is C39H55N11O2. The van der Waals surface area contributed by atoms with Crippen LogP contribution >= 0.6 is 0 Å². The minimum absolute atomic E-state index is 0.0723. The lowest BCUT2D eigenvalue weighted by Crippen LogP contribution is -2.40. The van der Waals surface area contributed by atoms with Crippen LogP contribution in [0.2, 0.25) is 0 Å². The third-order valence-corrected chi connectivity index (χ3v) is 9.89. The SMILES string of the molecule is CCN(C)CCn1cc(N/C(=C\C(=N)CC(C)(C)C)NC(=O)N[C@H]2CC[C@@H](Oc3ccc4nnc(N5CCCC[C@@H]5C)n4c3)c3ccccc32)cn1. The number of benzene rings is 1. The van der Waals surface area contributed by atoms with E-state index in [1.54, 1.807) is 12.3 Å². The number of anilines is 2. The van der Waals surface area contributed by atoms with E-state index in [9.17, 15) is 4.79 Å². The molecule has 1 aromatic carbocycles. The van der Waals surface area contributed by atoms with Gasteiger partial charge >= 0.3 is 6.03 Å². The van der Waals surface area contributed by atoms with E-state index in [0.717, 1.165) is 79.6 Å². The zero-order chi connectivity index (χ0) is 36.8. The normalized spacial score (nSPS) is 19.4. The molecule has 13 nitrogen and oxygen atoms in total. The van der Waals surface area contributed by atoms with Gasteiger partial charge in [-0.3, -0.25) is 14.4 Å². The van der Waals surface area contributed by atoms with Crippen LogP contribution in [0.5, 0.6) is 5.75 Å². The molecule has 4 N–H and O–H groups in total. The van der Waals surface area contributed by atoms with E-state index < -0.39 is 0 Å². The summed E-state index contributed by atoms with van der Waals surface area (Å²) in [6.07, 6.45) is 12.7. The first-order valence-corrected chi connectivity index (χ1v) is 18.7. The van der Waals surface area contributed by atoms with Crippen LogP contribution in [0, 0.1) is 10.8 Å². The molecule has 2 amide bonds. The predicted octanol–water partition coefficient (Wildman–Crippen LogP) is 6.92. The van der Waals surface area contributed by atoms with Crippen LogP contribution in [0.1, 0.15) is 96.4 Å². The highest BCUT2D eigenvalue weighted by atomic mass is 16.5. The average molecular weight is 710 g/mol. The Morgan fingerprint density at radius 2 is 1.88 bits per heavy atom. The van der Waals surface area contributed by atoms with E-state index in [-0.39, 0.29) is 23.6 Å². The van der Waals surface area contributed by atoms with Gasteiger partial charge in [-0.15, -0.1) is 10.2 Å². The quantitative estimate of drug-likeness (QED) is 0.110. The van der Waals surface area contributed by atoms with Crippen molar-refractivity contribution in [3.05, 3.63) is 78.0 Å². The van der Waals surface area contributed by atoms with Gasteiger partial charge in [0.25, 0.3) is 0 Å². The van der Waals surface area contributed by atoms with Crippen molar-refractivity contribution >= 4 is 29.0 Å². The summed E-state index contributed by atoms with van der Waals surface area (Å²) in [4.78, 5) is 18.2. The molecule has 0 radical (unpaired) electrons. The van der Waals surface area contributed by atoms with Gasteiger partial charge in [0.1, 0.15) is 17.7 Å². The molecule has 52 heavy (non-hydrogen) atoms. The number of hydrogen-bond donors (Lipinski definition) is 4. The smallest absolute Gasteiger partial charge is 0.320 e. The third-order valence-electron chi connectivity index (χ3n) is 9.89. The van der Waals surface area contributed by atoms with E-state index in [0.29, 0.717) is 30.4 Å². The standard InChI is InChI=1S/C39H55N11O2/c1-7-47(6)20-21-48-25-29(24-41-48)42-35(22-28(40)23-39(3,4)5)44-37(51)43-33-16-17-34(32-14-9-8-13-31(32)33)52-30-15-18-36-45-46-38(50(36)26-30)49-19-11-10-12-27(49)2/h8-9,13-15,18,22,24-27,33-34,40,42H,7,10-12,16-17,19-21,23H2,1-6H3,(H2,43,44,51)/b35-22+,40-28?/t27-,33-,34+/m0/s1. The average Bonchev–Trinajstić information content (AvgIpc) is 3.74. The molecule has 4 heterocycles. The Bertz CT molecular complexity index is 1870. The summed E-state index contributed by atoms with van der Waals surface area (Å²) in [6.45, 7) is 14.2. The number of ether oxygens (including phenoxy) is 1. The van der Waals surface area contributed by atoms with Crippen LogP contribution in [-0.2, 0) is 6.54 Å². The Hall–Kier alpha value is -4.91. The third kappa shape index (κ3) is 9.30. The highest BCUT2D eigenvalue weighted by molar-refractivity contribution is 5.94. The number of nitrogens with zero attached hydrogens (tertiary/aromatic N) is 7. The summed E-state index contributed by atoms with van der Waals surface area (Å²) in [7, 11) is 2.08. The largest absolute Gasteiger partial charge is 0.484 e. The van der Waals surface area contributed by atoms with Gasteiger partial charge in [0.05, 0.1) is 30.7 Å². The van der Waals surface area contributed by atoms with Crippen LogP contribution < -0.4 is 25.6 Å². The van der Waals surface area contributed by atoms with Crippen molar-refractivity contribution in [3.63, 3.8) is 0 Å². The molecular weight excluding hydrogens is 655 g/mol. The Balaban J connectivity index is 1.14. The zero-order valence-corrected chi connectivity index (χ0v) is 31.5. The predicted molar refractivity (Wildman–Crippen MR) is 206 cm³/mol. The van der Waals surface area contributed by atoms with Crippen molar-refractivity contribution < 1.29 is 9.53 Å². The van der Waals surface area contributed by atoms with Gasteiger partial charge in [0, 0.05) is 31.0 Å². The number of pyridine rings is 1. The number of amides is 2. The lowest BCUT2D eigenvalue weighted by atomic mass is 9.85. The number of carbonyl (C=O) groups excluding carboxylic acids is 1. The van der Waals surface area contributed by atoms with Crippen LogP contribution in [0.3, 0.4) is 0 Å². The zero-order valence-electron chi connectivity index (χ0n) is 31.5. The molecule has 278 valence electrons. The highest BCUT2D eigenvalue weighted by Gasteiger charge is 2.30. The van der Waals surface area contributed by atoms with E-state index >= 15 is 0 Å². The number of likely N-dealkylation sites (N-methyl/N-ethyl adjacent to an activating group) is 1. The number of allylic oxidation sites excluding steroid dienone is 1. The summed E-state index contributed by atoms with van der Waals surface area (Å²) in [5, 5.41) is 31.6. The number of rotatable bonds is 13.